The number of amides is 1. The molecule has 0 aliphatic carbocycles. The minimum atomic E-state index is -3.58. The average Bonchev–Trinajstić information content (AvgIpc) is 2.79. The largest absolute Gasteiger partial charge is 0.484 e. The number of hydrogen-bond donors (Lipinski definition) is 2. The lowest BCUT2D eigenvalue weighted by Gasteiger charge is -2.12. The number of carbonyl (C=O) groups excluding carboxylic acids is 1. The van der Waals surface area contributed by atoms with Crippen LogP contribution in [-0.2, 0) is 14.8 Å². The van der Waals surface area contributed by atoms with Crippen LogP contribution in [0.3, 0.4) is 0 Å². The fourth-order valence-corrected chi connectivity index (χ4v) is 4.03. The van der Waals surface area contributed by atoms with Crippen LogP contribution in [0.2, 0.25) is 0 Å². The van der Waals surface area contributed by atoms with Crippen molar-refractivity contribution in [3.8, 4) is 17.2 Å². The highest BCUT2D eigenvalue weighted by atomic mass is 32.2. The molecule has 1 atom stereocenters. The Hall–Kier alpha value is -3.36. The quantitative estimate of drug-likeness (QED) is 0.468. The highest BCUT2D eigenvalue weighted by Gasteiger charge is 2.16. The molecule has 7 nitrogen and oxygen atoms in total. The average molecular weight is 455 g/mol. The van der Waals surface area contributed by atoms with E-state index in [0.717, 1.165) is 5.75 Å². The van der Waals surface area contributed by atoms with Gasteiger partial charge in [-0.2, -0.15) is 0 Å². The smallest absolute Gasteiger partial charge is 0.262 e. The summed E-state index contributed by atoms with van der Waals surface area (Å²) in [6.07, 6.45) is 0.693. The van der Waals surface area contributed by atoms with Crippen LogP contribution in [0.25, 0.3) is 0 Å². The summed E-state index contributed by atoms with van der Waals surface area (Å²) in [5.74, 6) is 1.45. The minimum absolute atomic E-state index is 0.146. The summed E-state index contributed by atoms with van der Waals surface area (Å²) in [4.78, 5) is 12.3. The standard InChI is InChI=1S/C24H26N2O5S/c1-3-18(2)26-32(28,29)23-15-13-20(14-16-23)30-17-24(27)25-19-9-11-22(12-10-19)31-21-7-5-4-6-8-21/h4-16,18,26H,3,17H2,1-2H3,(H,25,27)/t18-/m0/s1. The topological polar surface area (TPSA) is 93.7 Å². The first-order valence-corrected chi connectivity index (χ1v) is 11.7. The molecule has 0 spiro atoms. The maximum absolute atomic E-state index is 12.3. The lowest BCUT2D eigenvalue weighted by Crippen LogP contribution is -2.31. The molecule has 2 N–H and O–H groups in total. The molecule has 0 aromatic heterocycles. The van der Waals surface area contributed by atoms with Gasteiger partial charge in [0.25, 0.3) is 5.91 Å². The number of sulfonamides is 1. The number of hydrogen-bond acceptors (Lipinski definition) is 5. The van der Waals surface area contributed by atoms with Gasteiger partial charge in [-0.15, -0.1) is 0 Å². The maximum Gasteiger partial charge on any atom is 0.262 e. The molecule has 32 heavy (non-hydrogen) atoms. The summed E-state index contributed by atoms with van der Waals surface area (Å²) in [6.45, 7) is 3.50. The Balaban J connectivity index is 1.49. The van der Waals surface area contributed by atoms with Crippen molar-refractivity contribution in [1.82, 2.24) is 4.72 Å². The van der Waals surface area contributed by atoms with Gasteiger partial charge in [-0.1, -0.05) is 25.1 Å². The first kappa shape index (κ1) is 23.3. The number of rotatable bonds is 10. The van der Waals surface area contributed by atoms with E-state index in [4.69, 9.17) is 9.47 Å². The van der Waals surface area contributed by atoms with Crippen LogP contribution in [0.15, 0.2) is 83.8 Å². The summed E-state index contributed by atoms with van der Waals surface area (Å²) in [5, 5.41) is 2.74. The first-order chi connectivity index (χ1) is 15.4. The summed E-state index contributed by atoms with van der Waals surface area (Å²) < 4.78 is 38.3. The predicted octanol–water partition coefficient (Wildman–Crippen LogP) is 4.57. The number of carbonyl (C=O) groups is 1. The zero-order valence-electron chi connectivity index (χ0n) is 17.9. The van der Waals surface area contributed by atoms with Crippen molar-refractivity contribution in [3.63, 3.8) is 0 Å². The SMILES string of the molecule is CC[C@H](C)NS(=O)(=O)c1ccc(OCC(=O)Nc2ccc(Oc3ccccc3)cc2)cc1. The molecule has 0 heterocycles. The van der Waals surface area contributed by atoms with Crippen molar-refractivity contribution < 1.29 is 22.7 Å². The number of nitrogens with one attached hydrogen (secondary N) is 2. The van der Waals surface area contributed by atoms with Gasteiger partial charge in [-0.3, -0.25) is 4.79 Å². The Morgan fingerprint density at radius 3 is 2.09 bits per heavy atom. The molecule has 8 heteroatoms. The van der Waals surface area contributed by atoms with Crippen molar-refractivity contribution in [2.24, 2.45) is 0 Å². The lowest BCUT2D eigenvalue weighted by atomic mass is 10.3. The van der Waals surface area contributed by atoms with Gasteiger partial charge in [0.2, 0.25) is 10.0 Å². The predicted molar refractivity (Wildman–Crippen MR) is 124 cm³/mol. The zero-order valence-corrected chi connectivity index (χ0v) is 18.8. The molecule has 1 amide bonds. The Labute approximate surface area is 188 Å². The summed E-state index contributed by atoms with van der Waals surface area (Å²) in [7, 11) is -3.58. The Bertz CT molecular complexity index is 1120. The summed E-state index contributed by atoms with van der Waals surface area (Å²) in [5.41, 5.74) is 0.608. The molecule has 0 aliphatic heterocycles. The number of ether oxygens (including phenoxy) is 2. The molecule has 0 saturated carbocycles. The fraction of sp³-hybridized carbons (Fsp3) is 0.208. The van der Waals surface area contributed by atoms with Crippen molar-refractivity contribution >= 4 is 21.6 Å². The third-order valence-electron chi connectivity index (χ3n) is 4.59. The van der Waals surface area contributed by atoms with Gasteiger partial charge in [0.15, 0.2) is 6.61 Å². The number of para-hydroxylation sites is 1. The van der Waals surface area contributed by atoms with Crippen LogP contribution in [0.4, 0.5) is 5.69 Å². The van der Waals surface area contributed by atoms with Gasteiger partial charge < -0.3 is 14.8 Å². The van der Waals surface area contributed by atoms with Crippen LogP contribution >= 0.6 is 0 Å². The van der Waals surface area contributed by atoms with Gasteiger partial charge in [-0.05, 0) is 74.0 Å². The van der Waals surface area contributed by atoms with E-state index in [2.05, 4.69) is 10.0 Å². The first-order valence-electron chi connectivity index (χ1n) is 10.2. The summed E-state index contributed by atoms with van der Waals surface area (Å²) >= 11 is 0. The zero-order chi connectivity index (χ0) is 23.0. The van der Waals surface area contributed by atoms with Crippen LogP contribution < -0.4 is 19.5 Å². The van der Waals surface area contributed by atoms with Gasteiger partial charge in [0.05, 0.1) is 4.90 Å². The molecule has 3 rings (SSSR count). The minimum Gasteiger partial charge on any atom is -0.484 e. The highest BCUT2D eigenvalue weighted by molar-refractivity contribution is 7.89. The molecular weight excluding hydrogens is 428 g/mol. The van der Waals surface area contributed by atoms with E-state index in [1.54, 1.807) is 31.2 Å². The van der Waals surface area contributed by atoms with Gasteiger partial charge >= 0.3 is 0 Å². The second-order valence-electron chi connectivity index (χ2n) is 7.18. The van der Waals surface area contributed by atoms with Crippen LogP contribution in [-0.4, -0.2) is 27.0 Å². The van der Waals surface area contributed by atoms with E-state index in [1.807, 2.05) is 37.3 Å². The molecule has 3 aromatic carbocycles. The van der Waals surface area contributed by atoms with E-state index in [1.165, 1.54) is 24.3 Å². The van der Waals surface area contributed by atoms with E-state index in [-0.39, 0.29) is 23.5 Å². The Morgan fingerprint density at radius 2 is 1.47 bits per heavy atom. The number of anilines is 1. The number of benzene rings is 3. The molecule has 0 radical (unpaired) electrons. The van der Waals surface area contributed by atoms with E-state index in [9.17, 15) is 13.2 Å². The molecule has 0 fully saturated rings. The molecule has 0 bridgehead atoms. The second kappa shape index (κ2) is 10.8. The highest BCUT2D eigenvalue weighted by Crippen LogP contribution is 2.22. The summed E-state index contributed by atoms with van der Waals surface area (Å²) in [6, 6.07) is 22.2. The lowest BCUT2D eigenvalue weighted by molar-refractivity contribution is -0.118. The third kappa shape index (κ3) is 6.83. The fourth-order valence-electron chi connectivity index (χ4n) is 2.71. The van der Waals surface area contributed by atoms with Crippen molar-refractivity contribution in [3.05, 3.63) is 78.9 Å². The van der Waals surface area contributed by atoms with E-state index < -0.39 is 10.0 Å². The van der Waals surface area contributed by atoms with Crippen LogP contribution in [0.5, 0.6) is 17.2 Å². The molecule has 0 aliphatic rings. The van der Waals surface area contributed by atoms with E-state index >= 15 is 0 Å². The molecule has 168 valence electrons. The van der Waals surface area contributed by atoms with E-state index in [0.29, 0.717) is 23.6 Å². The third-order valence-corrected chi connectivity index (χ3v) is 6.20. The molecule has 0 saturated heterocycles. The Morgan fingerprint density at radius 1 is 0.875 bits per heavy atom. The van der Waals surface area contributed by atoms with Gasteiger partial charge in [-0.25, -0.2) is 13.1 Å². The van der Waals surface area contributed by atoms with Crippen molar-refractivity contribution in [2.75, 3.05) is 11.9 Å². The normalized spacial score (nSPS) is 12.1. The van der Waals surface area contributed by atoms with Gasteiger partial charge in [0, 0.05) is 11.7 Å². The molecule has 0 unspecified atom stereocenters. The monoisotopic (exact) mass is 454 g/mol. The van der Waals surface area contributed by atoms with Gasteiger partial charge in [0.1, 0.15) is 17.2 Å². The van der Waals surface area contributed by atoms with Crippen molar-refractivity contribution in [2.45, 2.75) is 31.2 Å². The molecular formula is C24H26N2O5S. The second-order valence-corrected chi connectivity index (χ2v) is 8.89. The Kier molecular flexibility index (Phi) is 7.86. The van der Waals surface area contributed by atoms with Crippen LogP contribution in [0, 0.1) is 0 Å². The molecule has 3 aromatic rings. The van der Waals surface area contributed by atoms with Crippen molar-refractivity contribution in [1.29, 1.82) is 0 Å². The maximum atomic E-state index is 12.3. The van der Waals surface area contributed by atoms with Crippen LogP contribution in [0.1, 0.15) is 20.3 Å².